The Kier molecular flexibility index (Phi) is 5.09. The van der Waals surface area contributed by atoms with Gasteiger partial charge in [-0.15, -0.1) is 0 Å². The number of nitrogens with zero attached hydrogens (tertiary/aromatic N) is 2. The van der Waals surface area contributed by atoms with Crippen LogP contribution in [0.25, 0.3) is 0 Å². The third kappa shape index (κ3) is 4.95. The lowest BCUT2D eigenvalue weighted by Gasteiger charge is -2.25. The highest BCUT2D eigenvalue weighted by Gasteiger charge is 2.10. The number of H-pyrrole nitrogens is 1. The number of aromatic nitrogens is 2. The summed E-state index contributed by atoms with van der Waals surface area (Å²) in [5.41, 5.74) is 5.34. The predicted octanol–water partition coefficient (Wildman–Crippen LogP) is 0.909. The summed E-state index contributed by atoms with van der Waals surface area (Å²) >= 11 is 4.87. The van der Waals surface area contributed by atoms with Gasteiger partial charge in [-0.05, 0) is 5.92 Å². The molecule has 3 N–H and O–H groups in total. The van der Waals surface area contributed by atoms with Gasteiger partial charge in [0.15, 0.2) is 0 Å². The minimum absolute atomic E-state index is 0.154. The van der Waals surface area contributed by atoms with Crippen molar-refractivity contribution in [3.8, 4) is 0 Å². The molecule has 0 fully saturated rings. The lowest BCUT2D eigenvalue weighted by atomic mass is 10.2. The van der Waals surface area contributed by atoms with E-state index in [0.29, 0.717) is 29.7 Å². The number of hydrogen-bond acceptors (Lipinski definition) is 4. The first-order valence-electron chi connectivity index (χ1n) is 5.57. The first-order chi connectivity index (χ1) is 7.99. The summed E-state index contributed by atoms with van der Waals surface area (Å²) in [5.74, 6) is 1.14. The molecule has 0 spiro atoms. The van der Waals surface area contributed by atoms with Gasteiger partial charge in [-0.3, -0.25) is 4.79 Å². The zero-order chi connectivity index (χ0) is 12.8. The molecule has 1 aromatic rings. The molecule has 0 aliphatic rings. The highest BCUT2D eigenvalue weighted by molar-refractivity contribution is 7.80. The second-order valence-electron chi connectivity index (χ2n) is 4.33. The summed E-state index contributed by atoms with van der Waals surface area (Å²) in [4.78, 5) is 20.4. The van der Waals surface area contributed by atoms with Gasteiger partial charge in [-0.2, -0.15) is 0 Å². The van der Waals surface area contributed by atoms with Crippen LogP contribution in [0.2, 0.25) is 0 Å². The SMILES string of the molecule is CC(C)CN(CCC(N)=S)c1cc(=O)[nH]cn1. The Hall–Kier alpha value is -1.43. The van der Waals surface area contributed by atoms with Crippen molar-refractivity contribution >= 4 is 23.0 Å². The van der Waals surface area contributed by atoms with Crippen molar-refractivity contribution in [2.75, 3.05) is 18.0 Å². The quantitative estimate of drug-likeness (QED) is 0.738. The van der Waals surface area contributed by atoms with Gasteiger partial charge in [0.05, 0.1) is 11.3 Å². The normalized spacial score (nSPS) is 10.5. The number of nitrogens with one attached hydrogen (secondary N) is 1. The molecular weight excluding hydrogens is 236 g/mol. The first-order valence-corrected chi connectivity index (χ1v) is 5.98. The summed E-state index contributed by atoms with van der Waals surface area (Å²) in [7, 11) is 0. The first kappa shape index (κ1) is 13.6. The van der Waals surface area contributed by atoms with Crippen LogP contribution in [0.1, 0.15) is 20.3 Å². The van der Waals surface area contributed by atoms with Crippen LogP contribution in [-0.4, -0.2) is 28.0 Å². The van der Waals surface area contributed by atoms with Crippen molar-refractivity contribution in [1.29, 1.82) is 0 Å². The number of anilines is 1. The fourth-order valence-corrected chi connectivity index (χ4v) is 1.61. The van der Waals surface area contributed by atoms with E-state index in [2.05, 4.69) is 23.8 Å². The number of hydrogen-bond donors (Lipinski definition) is 2. The van der Waals surface area contributed by atoms with E-state index in [0.717, 1.165) is 6.54 Å². The van der Waals surface area contributed by atoms with Crippen LogP contribution in [0, 0.1) is 5.92 Å². The Morgan fingerprint density at radius 2 is 2.35 bits per heavy atom. The fourth-order valence-electron chi connectivity index (χ4n) is 1.52. The fraction of sp³-hybridized carbons (Fsp3) is 0.545. The van der Waals surface area contributed by atoms with E-state index in [1.807, 2.05) is 4.90 Å². The number of aromatic amines is 1. The van der Waals surface area contributed by atoms with Crippen LogP contribution in [-0.2, 0) is 0 Å². The molecule has 0 aromatic carbocycles. The number of nitrogens with two attached hydrogens (primary N) is 1. The van der Waals surface area contributed by atoms with Gasteiger partial charge in [0, 0.05) is 25.6 Å². The summed E-state index contributed by atoms with van der Waals surface area (Å²) < 4.78 is 0. The van der Waals surface area contributed by atoms with Gasteiger partial charge < -0.3 is 15.6 Å². The molecule has 1 aromatic heterocycles. The molecule has 0 atom stereocenters. The zero-order valence-electron chi connectivity index (χ0n) is 10.1. The second kappa shape index (κ2) is 6.34. The molecule has 0 amide bonds. The van der Waals surface area contributed by atoms with E-state index < -0.39 is 0 Å². The van der Waals surface area contributed by atoms with Crippen molar-refractivity contribution in [3.05, 3.63) is 22.7 Å². The molecule has 17 heavy (non-hydrogen) atoms. The molecule has 1 rings (SSSR count). The Balaban J connectivity index is 2.81. The van der Waals surface area contributed by atoms with Gasteiger partial charge in [-0.1, -0.05) is 26.1 Å². The summed E-state index contributed by atoms with van der Waals surface area (Å²) in [5, 5.41) is 0. The molecule has 6 heteroatoms. The van der Waals surface area contributed by atoms with Crippen LogP contribution < -0.4 is 16.2 Å². The number of rotatable bonds is 6. The van der Waals surface area contributed by atoms with Crippen molar-refractivity contribution in [3.63, 3.8) is 0 Å². The standard InChI is InChI=1S/C11H18N4OS/c1-8(2)6-15(4-3-9(12)17)10-5-11(16)14-7-13-10/h5,7-8H,3-4,6H2,1-2H3,(H2,12,17)(H,13,14,16). The van der Waals surface area contributed by atoms with Gasteiger partial charge in [0.1, 0.15) is 5.82 Å². The van der Waals surface area contributed by atoms with E-state index in [1.165, 1.54) is 12.4 Å². The highest BCUT2D eigenvalue weighted by atomic mass is 32.1. The summed E-state index contributed by atoms with van der Waals surface area (Å²) in [6.45, 7) is 5.73. The maximum Gasteiger partial charge on any atom is 0.252 e. The molecule has 5 nitrogen and oxygen atoms in total. The second-order valence-corrected chi connectivity index (χ2v) is 4.85. The van der Waals surface area contributed by atoms with Gasteiger partial charge >= 0.3 is 0 Å². The minimum atomic E-state index is -0.154. The van der Waals surface area contributed by atoms with E-state index in [4.69, 9.17) is 18.0 Å². The van der Waals surface area contributed by atoms with E-state index in [-0.39, 0.29) is 5.56 Å². The maximum absolute atomic E-state index is 11.2. The lowest BCUT2D eigenvalue weighted by molar-refractivity contribution is 0.608. The Labute approximate surface area is 106 Å². The molecule has 94 valence electrons. The monoisotopic (exact) mass is 254 g/mol. The largest absolute Gasteiger partial charge is 0.393 e. The van der Waals surface area contributed by atoms with Gasteiger partial charge in [-0.25, -0.2) is 4.98 Å². The molecule has 1 heterocycles. The molecule has 0 saturated carbocycles. The zero-order valence-corrected chi connectivity index (χ0v) is 11.0. The van der Waals surface area contributed by atoms with Gasteiger partial charge in [0.25, 0.3) is 5.56 Å². The topological polar surface area (TPSA) is 75.0 Å². The molecule has 0 unspecified atom stereocenters. The van der Waals surface area contributed by atoms with Crippen molar-refractivity contribution in [2.24, 2.45) is 11.7 Å². The average Bonchev–Trinajstić information content (AvgIpc) is 2.23. The van der Waals surface area contributed by atoms with Crippen LogP contribution in [0.15, 0.2) is 17.2 Å². The maximum atomic E-state index is 11.2. The van der Waals surface area contributed by atoms with Crippen LogP contribution in [0.4, 0.5) is 5.82 Å². The summed E-state index contributed by atoms with van der Waals surface area (Å²) in [6, 6.07) is 1.49. The van der Waals surface area contributed by atoms with Crippen molar-refractivity contribution in [2.45, 2.75) is 20.3 Å². The molecule has 0 saturated heterocycles. The van der Waals surface area contributed by atoms with Crippen molar-refractivity contribution in [1.82, 2.24) is 9.97 Å². The average molecular weight is 254 g/mol. The number of thiocarbonyl (C=S) groups is 1. The summed E-state index contributed by atoms with van der Waals surface area (Å²) in [6.07, 6.45) is 2.03. The van der Waals surface area contributed by atoms with Crippen molar-refractivity contribution < 1.29 is 0 Å². The van der Waals surface area contributed by atoms with E-state index in [1.54, 1.807) is 0 Å². The van der Waals surface area contributed by atoms with Gasteiger partial charge in [0.2, 0.25) is 0 Å². The Morgan fingerprint density at radius 1 is 1.65 bits per heavy atom. The Bertz CT molecular complexity index is 429. The van der Waals surface area contributed by atoms with Crippen LogP contribution >= 0.6 is 12.2 Å². The highest BCUT2D eigenvalue weighted by Crippen LogP contribution is 2.10. The molecule has 0 aliphatic heterocycles. The van der Waals surface area contributed by atoms with Crippen LogP contribution in [0.5, 0.6) is 0 Å². The van der Waals surface area contributed by atoms with E-state index in [9.17, 15) is 4.79 Å². The third-order valence-corrected chi connectivity index (χ3v) is 2.41. The smallest absolute Gasteiger partial charge is 0.252 e. The molecule has 0 aliphatic carbocycles. The van der Waals surface area contributed by atoms with E-state index >= 15 is 0 Å². The molecule has 0 bridgehead atoms. The molecule has 0 radical (unpaired) electrons. The third-order valence-electron chi connectivity index (χ3n) is 2.20. The minimum Gasteiger partial charge on any atom is -0.393 e. The van der Waals surface area contributed by atoms with Crippen LogP contribution in [0.3, 0.4) is 0 Å². The predicted molar refractivity (Wildman–Crippen MR) is 73.3 cm³/mol. The Morgan fingerprint density at radius 3 is 2.88 bits per heavy atom. The lowest BCUT2D eigenvalue weighted by Crippen LogP contribution is -2.32. The molecular formula is C11H18N4OS.